The van der Waals surface area contributed by atoms with Crippen LogP contribution in [-0.2, 0) is 19.5 Å². The molecule has 46 valence electrons. The average Bonchev–Trinajstić information content (AvgIpc) is 1.69. The summed E-state index contributed by atoms with van der Waals surface area (Å²) in [6, 6.07) is 10.1. The van der Waals surface area contributed by atoms with E-state index in [-0.39, 0.29) is 36.5 Å². The molecule has 0 aliphatic carbocycles. The third kappa shape index (κ3) is 5.08. The van der Waals surface area contributed by atoms with E-state index >= 15 is 0 Å². The monoisotopic (exact) mass is 255 g/mol. The Morgan fingerprint density at radius 2 is 2.00 bits per heavy atom. The molecule has 0 N–H and O–H groups in total. The molecule has 0 spiro atoms. The Morgan fingerprint density at radius 3 is 2.22 bits per heavy atom. The van der Waals surface area contributed by atoms with Crippen molar-refractivity contribution >= 4 is 28.6 Å². The van der Waals surface area contributed by atoms with E-state index in [1.54, 1.807) is 12.1 Å². The van der Waals surface area contributed by atoms with Crippen LogP contribution >= 0.6 is 28.6 Å². The SMILES string of the molecule is Br.Clc1[c-]cccc1.[Zn]. The van der Waals surface area contributed by atoms with Crippen LogP contribution in [0.3, 0.4) is 0 Å². The molecule has 0 heterocycles. The van der Waals surface area contributed by atoms with Gasteiger partial charge in [0.25, 0.3) is 0 Å². The molecule has 0 unspecified atom stereocenters. The van der Waals surface area contributed by atoms with Crippen molar-refractivity contribution in [1.29, 1.82) is 0 Å². The minimum Gasteiger partial charge on any atom is -0.176 e. The van der Waals surface area contributed by atoms with E-state index in [9.17, 15) is 0 Å². The first-order chi connectivity index (χ1) is 3.39. The third-order valence-electron chi connectivity index (χ3n) is 0.671. The topological polar surface area (TPSA) is 0 Å². The van der Waals surface area contributed by atoms with Gasteiger partial charge < -0.3 is 0 Å². The molecule has 1 aromatic carbocycles. The molecule has 0 atom stereocenters. The van der Waals surface area contributed by atoms with Gasteiger partial charge >= 0.3 is 0 Å². The summed E-state index contributed by atoms with van der Waals surface area (Å²) in [6.07, 6.45) is 0. The Kier molecular flexibility index (Phi) is 9.20. The Morgan fingerprint density at radius 1 is 1.33 bits per heavy atom. The Hall–Kier alpha value is 0.613. The molecular weight excluding hydrogens is 253 g/mol. The summed E-state index contributed by atoms with van der Waals surface area (Å²) >= 11 is 5.48. The van der Waals surface area contributed by atoms with Gasteiger partial charge in [0.2, 0.25) is 0 Å². The van der Waals surface area contributed by atoms with Gasteiger partial charge in [-0.15, -0.1) is 28.6 Å². The summed E-state index contributed by atoms with van der Waals surface area (Å²) in [7, 11) is 0. The van der Waals surface area contributed by atoms with Crippen molar-refractivity contribution in [3.63, 3.8) is 0 Å². The minimum absolute atomic E-state index is 0. The average molecular weight is 258 g/mol. The van der Waals surface area contributed by atoms with E-state index in [2.05, 4.69) is 6.07 Å². The maximum atomic E-state index is 5.48. The molecule has 3 heteroatoms. The van der Waals surface area contributed by atoms with Gasteiger partial charge in [-0.3, -0.25) is 0 Å². The van der Waals surface area contributed by atoms with Crippen molar-refractivity contribution in [2.24, 2.45) is 0 Å². The third-order valence-corrected chi connectivity index (χ3v) is 0.906. The molecule has 0 aliphatic heterocycles. The molecule has 9 heavy (non-hydrogen) atoms. The van der Waals surface area contributed by atoms with Crippen LogP contribution in [0, 0.1) is 6.07 Å². The summed E-state index contributed by atoms with van der Waals surface area (Å²) in [4.78, 5) is 0. The van der Waals surface area contributed by atoms with Crippen molar-refractivity contribution < 1.29 is 19.5 Å². The second-order valence-electron chi connectivity index (χ2n) is 1.21. The van der Waals surface area contributed by atoms with Crippen LogP contribution in [0.5, 0.6) is 0 Å². The first-order valence-electron chi connectivity index (χ1n) is 2.02. The fraction of sp³-hybridized carbons (Fsp3) is 0. The zero-order valence-corrected chi connectivity index (χ0v) is 10.2. The fourth-order valence-electron chi connectivity index (χ4n) is 0.371. The number of rotatable bonds is 0. The van der Waals surface area contributed by atoms with E-state index in [1.807, 2.05) is 12.1 Å². The standard InChI is InChI=1S/C6H4Cl.BrH.Zn/c7-6-4-2-1-3-5-6;;/h1-4H;1H;/q-1;;. The Bertz CT molecular complexity index is 143. The van der Waals surface area contributed by atoms with Crippen LogP contribution in [-0.4, -0.2) is 0 Å². The largest absolute Gasteiger partial charge is 0.176 e. The van der Waals surface area contributed by atoms with Gasteiger partial charge in [-0.25, -0.2) is 0 Å². The zero-order chi connectivity index (χ0) is 5.11. The Balaban J connectivity index is 0. The molecular formula is C6H5BrClZn-. The van der Waals surface area contributed by atoms with Crippen LogP contribution in [0.25, 0.3) is 0 Å². The van der Waals surface area contributed by atoms with Crippen LogP contribution < -0.4 is 0 Å². The molecule has 1 aromatic rings. The van der Waals surface area contributed by atoms with Gasteiger partial charge in [0.05, 0.1) is 0 Å². The van der Waals surface area contributed by atoms with Gasteiger partial charge in [0.15, 0.2) is 0 Å². The number of hydrogen-bond donors (Lipinski definition) is 0. The molecule has 0 saturated heterocycles. The van der Waals surface area contributed by atoms with E-state index in [4.69, 9.17) is 11.6 Å². The van der Waals surface area contributed by atoms with E-state index in [0.29, 0.717) is 5.02 Å². The van der Waals surface area contributed by atoms with Crippen molar-refractivity contribution in [3.05, 3.63) is 35.4 Å². The van der Waals surface area contributed by atoms with Gasteiger partial charge in [0, 0.05) is 19.5 Å². The van der Waals surface area contributed by atoms with Crippen molar-refractivity contribution in [2.45, 2.75) is 0 Å². The molecule has 0 bridgehead atoms. The predicted molar refractivity (Wildman–Crippen MR) is 40.6 cm³/mol. The molecule has 0 aromatic heterocycles. The van der Waals surface area contributed by atoms with Crippen LogP contribution in [0.1, 0.15) is 0 Å². The zero-order valence-electron chi connectivity index (χ0n) is 4.80. The minimum atomic E-state index is 0. The molecule has 0 nitrogen and oxygen atoms in total. The van der Waals surface area contributed by atoms with Crippen molar-refractivity contribution in [2.75, 3.05) is 0 Å². The summed E-state index contributed by atoms with van der Waals surface area (Å²) in [6.45, 7) is 0. The quantitative estimate of drug-likeness (QED) is 0.495. The smallest absolute Gasteiger partial charge is 0 e. The maximum absolute atomic E-state index is 5.48. The van der Waals surface area contributed by atoms with Gasteiger partial charge in [-0.05, 0) is 0 Å². The van der Waals surface area contributed by atoms with Gasteiger partial charge in [0.1, 0.15) is 0 Å². The summed E-state index contributed by atoms with van der Waals surface area (Å²) in [5, 5.41) is 0.669. The number of hydrogen-bond acceptors (Lipinski definition) is 0. The molecule has 1 rings (SSSR count). The van der Waals surface area contributed by atoms with Crippen LogP contribution in [0.15, 0.2) is 24.3 Å². The van der Waals surface area contributed by atoms with Crippen molar-refractivity contribution in [3.8, 4) is 0 Å². The molecule has 0 fully saturated rings. The van der Waals surface area contributed by atoms with E-state index in [0.717, 1.165) is 0 Å². The summed E-state index contributed by atoms with van der Waals surface area (Å²) in [5.41, 5.74) is 0. The molecule has 0 radical (unpaired) electrons. The number of halogens is 2. The Labute approximate surface area is 83.1 Å². The predicted octanol–water partition coefficient (Wildman–Crippen LogP) is 2.72. The first kappa shape index (κ1) is 12.3. The van der Waals surface area contributed by atoms with Crippen LogP contribution in [0.4, 0.5) is 0 Å². The first-order valence-corrected chi connectivity index (χ1v) is 2.39. The van der Waals surface area contributed by atoms with Gasteiger partial charge in [-0.1, -0.05) is 5.02 Å². The van der Waals surface area contributed by atoms with Crippen LogP contribution in [0.2, 0.25) is 5.02 Å². The van der Waals surface area contributed by atoms with Crippen molar-refractivity contribution in [1.82, 2.24) is 0 Å². The maximum Gasteiger partial charge on any atom is 0 e. The van der Waals surface area contributed by atoms with Gasteiger partial charge in [-0.2, -0.15) is 30.3 Å². The molecule has 0 amide bonds. The van der Waals surface area contributed by atoms with E-state index < -0.39 is 0 Å². The second kappa shape index (κ2) is 6.73. The summed E-state index contributed by atoms with van der Waals surface area (Å²) < 4.78 is 0. The fourth-order valence-corrected chi connectivity index (χ4v) is 0.507. The molecule has 0 saturated carbocycles. The van der Waals surface area contributed by atoms with E-state index in [1.165, 1.54) is 0 Å². The summed E-state index contributed by atoms with van der Waals surface area (Å²) in [5.74, 6) is 0. The normalized spacial score (nSPS) is 6.78. The second-order valence-corrected chi connectivity index (χ2v) is 1.62. The molecule has 0 aliphatic rings. The number of benzene rings is 1.